The summed E-state index contributed by atoms with van der Waals surface area (Å²) in [5.74, 6) is 1.75. The van der Waals surface area contributed by atoms with Gasteiger partial charge in [0.05, 0.1) is 12.3 Å². The summed E-state index contributed by atoms with van der Waals surface area (Å²) in [6.07, 6.45) is 4.58. The molecule has 1 aromatic carbocycles. The van der Waals surface area contributed by atoms with Crippen LogP contribution in [0.4, 0.5) is 0 Å². The van der Waals surface area contributed by atoms with E-state index < -0.39 is 0 Å². The molecule has 0 unspecified atom stereocenters. The molecule has 5 nitrogen and oxygen atoms in total. The van der Waals surface area contributed by atoms with Crippen molar-refractivity contribution in [2.24, 2.45) is 0 Å². The Bertz CT molecular complexity index is 752. The van der Waals surface area contributed by atoms with Crippen LogP contribution in [-0.4, -0.2) is 32.0 Å². The largest absolute Gasteiger partial charge is 0.357 e. The van der Waals surface area contributed by atoms with Crippen molar-refractivity contribution in [1.29, 1.82) is 0 Å². The van der Waals surface area contributed by atoms with Crippen LogP contribution < -0.4 is 5.73 Å². The van der Waals surface area contributed by atoms with Gasteiger partial charge in [-0.05, 0) is 36.2 Å². The molecule has 0 atom stereocenters. The van der Waals surface area contributed by atoms with Gasteiger partial charge in [0, 0.05) is 23.6 Å². The predicted octanol–water partition coefficient (Wildman–Crippen LogP) is 2.23. The first kappa shape index (κ1) is 15.7. The zero-order chi connectivity index (χ0) is 16.1. The normalized spacial score (nSPS) is 10.9. The lowest BCUT2D eigenvalue weighted by Crippen LogP contribution is -2.51. The molecule has 0 bridgehead atoms. The third-order valence-corrected chi connectivity index (χ3v) is 4.57. The number of rotatable bonds is 6. The van der Waals surface area contributed by atoms with Crippen LogP contribution in [0.1, 0.15) is 12.5 Å². The number of thioether (sulfide) groups is 1. The van der Waals surface area contributed by atoms with Crippen molar-refractivity contribution in [3.05, 3.63) is 54.4 Å². The van der Waals surface area contributed by atoms with E-state index in [-0.39, 0.29) is 0 Å². The standard InChI is InChI=1S/C17H19N5S/c1-2-13-3-5-15(6-4-13)22-16(14-7-10-19-11-8-14)20-21-17(22)23-12-9-18/h3-8,10-11H,2,9,12,18H2,1H3/p+1. The molecule has 3 rings (SSSR count). The molecule has 0 fully saturated rings. The fraction of sp³-hybridized carbons (Fsp3) is 0.235. The van der Waals surface area contributed by atoms with E-state index in [0.29, 0.717) is 0 Å². The predicted molar refractivity (Wildman–Crippen MR) is 92.4 cm³/mol. The maximum absolute atomic E-state index is 4.40. The highest BCUT2D eigenvalue weighted by Gasteiger charge is 2.16. The van der Waals surface area contributed by atoms with E-state index in [1.165, 1.54) is 5.56 Å². The molecule has 0 amide bonds. The first-order valence-corrected chi connectivity index (χ1v) is 8.69. The van der Waals surface area contributed by atoms with Crippen molar-refractivity contribution in [2.75, 3.05) is 12.3 Å². The van der Waals surface area contributed by atoms with Gasteiger partial charge in [-0.1, -0.05) is 30.8 Å². The summed E-state index contributed by atoms with van der Waals surface area (Å²) in [5, 5.41) is 9.67. The molecule has 0 aliphatic carbocycles. The second-order valence-corrected chi connectivity index (χ2v) is 6.16. The van der Waals surface area contributed by atoms with E-state index in [0.717, 1.165) is 41.0 Å². The monoisotopic (exact) mass is 326 g/mol. The molecule has 0 saturated heterocycles. The molecule has 2 heterocycles. The second kappa shape index (κ2) is 7.39. The van der Waals surface area contributed by atoms with Gasteiger partial charge in [-0.25, -0.2) is 0 Å². The maximum atomic E-state index is 4.40. The molecule has 2 aromatic heterocycles. The summed E-state index contributed by atoms with van der Waals surface area (Å²) in [6, 6.07) is 12.5. The number of hydrogen-bond acceptors (Lipinski definition) is 4. The molecule has 0 aliphatic heterocycles. The Hall–Kier alpha value is -2.18. The summed E-state index contributed by atoms with van der Waals surface area (Å²) in [7, 11) is 0. The lowest BCUT2D eigenvalue weighted by Gasteiger charge is -2.10. The third-order valence-electron chi connectivity index (χ3n) is 3.55. The Balaban J connectivity index is 2.08. The van der Waals surface area contributed by atoms with Crippen LogP contribution >= 0.6 is 11.8 Å². The summed E-state index contributed by atoms with van der Waals surface area (Å²) in [5.41, 5.74) is 7.31. The van der Waals surface area contributed by atoms with Crippen LogP contribution in [0.3, 0.4) is 0 Å². The van der Waals surface area contributed by atoms with Crippen molar-refractivity contribution in [1.82, 2.24) is 19.7 Å². The molecule has 6 heteroatoms. The van der Waals surface area contributed by atoms with Gasteiger partial charge in [0.25, 0.3) is 0 Å². The van der Waals surface area contributed by atoms with Crippen molar-refractivity contribution >= 4 is 11.8 Å². The Kier molecular flexibility index (Phi) is 5.05. The number of pyridine rings is 1. The Morgan fingerprint density at radius 3 is 2.43 bits per heavy atom. The molecule has 0 aliphatic rings. The van der Waals surface area contributed by atoms with Crippen LogP contribution in [0.25, 0.3) is 17.1 Å². The van der Waals surface area contributed by atoms with E-state index in [4.69, 9.17) is 0 Å². The average molecular weight is 326 g/mol. The zero-order valence-corrected chi connectivity index (χ0v) is 14.0. The lowest BCUT2D eigenvalue weighted by atomic mass is 10.1. The Morgan fingerprint density at radius 2 is 1.78 bits per heavy atom. The molecule has 0 radical (unpaired) electrons. The SMILES string of the molecule is CCc1ccc(-n2c(SCC[NH3+])nnc2-c2ccncc2)cc1. The minimum Gasteiger partial charge on any atom is -0.357 e. The van der Waals surface area contributed by atoms with E-state index >= 15 is 0 Å². The molecule has 118 valence electrons. The fourth-order valence-corrected chi connectivity index (χ4v) is 3.07. The van der Waals surface area contributed by atoms with Crippen molar-refractivity contribution < 1.29 is 5.73 Å². The Morgan fingerprint density at radius 1 is 1.04 bits per heavy atom. The number of aromatic nitrogens is 4. The first-order valence-electron chi connectivity index (χ1n) is 7.70. The minimum atomic E-state index is 0.836. The first-order chi connectivity index (χ1) is 11.3. The smallest absolute Gasteiger partial charge is 0.196 e. The maximum Gasteiger partial charge on any atom is 0.196 e. The quantitative estimate of drug-likeness (QED) is 0.705. The van der Waals surface area contributed by atoms with Crippen molar-refractivity contribution in [2.45, 2.75) is 18.5 Å². The minimum absolute atomic E-state index is 0.836. The third kappa shape index (κ3) is 3.43. The summed E-state index contributed by atoms with van der Waals surface area (Å²) in [6.45, 7) is 3.02. The number of aryl methyl sites for hydroxylation is 1. The van der Waals surface area contributed by atoms with Gasteiger partial charge in [-0.15, -0.1) is 10.2 Å². The van der Waals surface area contributed by atoms with Crippen LogP contribution in [0, 0.1) is 0 Å². The summed E-state index contributed by atoms with van der Waals surface area (Å²) in [4.78, 5) is 4.08. The van der Waals surface area contributed by atoms with E-state index in [9.17, 15) is 0 Å². The summed E-state index contributed by atoms with van der Waals surface area (Å²) < 4.78 is 2.11. The van der Waals surface area contributed by atoms with Gasteiger partial charge in [0.2, 0.25) is 0 Å². The summed E-state index contributed by atoms with van der Waals surface area (Å²) >= 11 is 1.68. The Labute approximate surface area is 140 Å². The topological polar surface area (TPSA) is 71.2 Å². The van der Waals surface area contributed by atoms with Crippen LogP contribution in [0.15, 0.2) is 53.9 Å². The fourth-order valence-electron chi connectivity index (χ4n) is 2.33. The number of benzene rings is 1. The second-order valence-electron chi connectivity index (χ2n) is 5.10. The molecule has 3 N–H and O–H groups in total. The van der Waals surface area contributed by atoms with Gasteiger partial charge in [0.1, 0.15) is 0 Å². The van der Waals surface area contributed by atoms with Gasteiger partial charge < -0.3 is 5.73 Å². The molecule has 0 spiro atoms. The number of quaternary nitrogens is 1. The molecule has 3 aromatic rings. The van der Waals surface area contributed by atoms with Crippen molar-refractivity contribution in [3.8, 4) is 17.1 Å². The van der Waals surface area contributed by atoms with Crippen molar-refractivity contribution in [3.63, 3.8) is 0 Å². The lowest BCUT2D eigenvalue weighted by molar-refractivity contribution is -0.360. The molecule has 0 saturated carbocycles. The van der Waals surface area contributed by atoms with Gasteiger partial charge in [-0.2, -0.15) is 0 Å². The molecule has 23 heavy (non-hydrogen) atoms. The van der Waals surface area contributed by atoms with Crippen LogP contribution in [0.5, 0.6) is 0 Å². The molecular weight excluding hydrogens is 306 g/mol. The van der Waals surface area contributed by atoms with Gasteiger partial charge in [0.15, 0.2) is 11.0 Å². The van der Waals surface area contributed by atoms with Gasteiger partial charge >= 0.3 is 0 Å². The highest BCUT2D eigenvalue weighted by Crippen LogP contribution is 2.27. The zero-order valence-electron chi connectivity index (χ0n) is 13.1. The number of nitrogens with zero attached hydrogens (tertiary/aromatic N) is 4. The van der Waals surface area contributed by atoms with Crippen LogP contribution in [0.2, 0.25) is 0 Å². The van der Waals surface area contributed by atoms with E-state index in [1.807, 2.05) is 12.1 Å². The van der Waals surface area contributed by atoms with Crippen LogP contribution in [-0.2, 0) is 6.42 Å². The highest BCUT2D eigenvalue weighted by atomic mass is 32.2. The van der Waals surface area contributed by atoms with Gasteiger partial charge in [-0.3, -0.25) is 9.55 Å². The molecular formula is C17H20N5S+. The average Bonchev–Trinajstić information content (AvgIpc) is 3.04. The highest BCUT2D eigenvalue weighted by molar-refractivity contribution is 7.99. The van der Waals surface area contributed by atoms with E-state index in [1.54, 1.807) is 24.2 Å². The van der Waals surface area contributed by atoms with E-state index in [2.05, 4.69) is 56.7 Å². The number of hydrogen-bond donors (Lipinski definition) is 1.